The van der Waals surface area contributed by atoms with Crippen molar-refractivity contribution < 1.29 is 28.9 Å². The highest BCUT2D eigenvalue weighted by Gasteiger charge is 2.37. The highest BCUT2D eigenvalue weighted by Crippen LogP contribution is 2.45. The van der Waals surface area contributed by atoms with Crippen molar-refractivity contribution in [3.63, 3.8) is 0 Å². The van der Waals surface area contributed by atoms with Gasteiger partial charge in [0.15, 0.2) is 12.4 Å². The lowest BCUT2D eigenvalue weighted by Gasteiger charge is -2.11. The van der Waals surface area contributed by atoms with Crippen molar-refractivity contribution in [3.05, 3.63) is 48.5 Å². The van der Waals surface area contributed by atoms with Crippen molar-refractivity contribution in [2.24, 2.45) is 0 Å². The van der Waals surface area contributed by atoms with E-state index in [2.05, 4.69) is 5.32 Å². The van der Waals surface area contributed by atoms with E-state index >= 15 is 0 Å². The third-order valence-corrected chi connectivity index (χ3v) is 3.92. The van der Waals surface area contributed by atoms with Gasteiger partial charge in [-0.25, -0.2) is 0 Å². The van der Waals surface area contributed by atoms with Crippen LogP contribution in [0.25, 0.3) is 0 Å². The molecule has 0 aromatic heterocycles. The molecule has 0 unspecified atom stereocenters. The fourth-order valence-electron chi connectivity index (χ4n) is 1.87. The number of carbonyl (C=O) groups is 1. The Balaban J connectivity index is 2.00. The summed E-state index contributed by atoms with van der Waals surface area (Å²) >= 11 is 0. The first kappa shape index (κ1) is 17.2. The molecule has 2 aromatic carbocycles. The molecule has 0 atom stereocenters. The lowest BCUT2D eigenvalue weighted by atomic mass is 10.3. The number of hydrogen-bond donors (Lipinski definition) is 4. The predicted octanol–water partition coefficient (Wildman–Crippen LogP) is 1.08. The number of nitrogens with one attached hydrogen (secondary N) is 1. The van der Waals surface area contributed by atoms with Crippen molar-refractivity contribution in [1.29, 1.82) is 0 Å². The molecule has 23 heavy (non-hydrogen) atoms. The molecule has 0 saturated heterocycles. The van der Waals surface area contributed by atoms with E-state index in [4.69, 9.17) is 9.47 Å². The molecule has 7 nitrogen and oxygen atoms in total. The smallest absolute Gasteiger partial charge is 0.444 e. The lowest BCUT2D eigenvalue weighted by molar-refractivity contribution is -0.118. The van der Waals surface area contributed by atoms with Crippen LogP contribution in [0.4, 0.5) is 5.69 Å². The zero-order valence-electron chi connectivity index (χ0n) is 12.3. The second-order valence-electron chi connectivity index (χ2n) is 4.60. The van der Waals surface area contributed by atoms with E-state index in [1.54, 1.807) is 30.3 Å². The topological polar surface area (TPSA) is 108 Å². The molecular formula is C15H17NO6P+. The molecule has 122 valence electrons. The Hall–Kier alpha value is -2.18. The zero-order valence-corrected chi connectivity index (χ0v) is 13.2. The Labute approximate surface area is 133 Å². The Bertz CT molecular complexity index is 686. The maximum absolute atomic E-state index is 11.9. The number of methoxy groups -OCH3 is 1. The minimum absolute atomic E-state index is 0.0362. The van der Waals surface area contributed by atoms with E-state index in [1.807, 2.05) is 0 Å². The van der Waals surface area contributed by atoms with E-state index in [-0.39, 0.29) is 17.7 Å². The van der Waals surface area contributed by atoms with Crippen LogP contribution in [0.15, 0.2) is 48.5 Å². The number of carbonyl (C=O) groups excluding carboxylic acids is 1. The summed E-state index contributed by atoms with van der Waals surface area (Å²) in [5.41, 5.74) is 0.541. The van der Waals surface area contributed by atoms with E-state index in [0.717, 1.165) is 0 Å². The van der Waals surface area contributed by atoms with Crippen molar-refractivity contribution in [2.75, 3.05) is 19.0 Å². The molecule has 0 bridgehead atoms. The summed E-state index contributed by atoms with van der Waals surface area (Å²) in [6.07, 6.45) is 0. The number of anilines is 1. The SMILES string of the molecule is COc1cccc(NC(=O)COc2ccccc2[P+](O)(O)O)c1. The molecule has 0 fully saturated rings. The predicted molar refractivity (Wildman–Crippen MR) is 86.8 cm³/mol. The van der Waals surface area contributed by atoms with Gasteiger partial charge in [-0.15, -0.1) is 0 Å². The van der Waals surface area contributed by atoms with Crippen LogP contribution < -0.4 is 20.1 Å². The third kappa shape index (κ3) is 4.91. The molecule has 1 amide bonds. The molecule has 0 aliphatic heterocycles. The van der Waals surface area contributed by atoms with E-state index < -0.39 is 13.9 Å². The van der Waals surface area contributed by atoms with Crippen molar-refractivity contribution in [1.82, 2.24) is 0 Å². The van der Waals surface area contributed by atoms with Crippen molar-refractivity contribution in [3.8, 4) is 11.5 Å². The quantitative estimate of drug-likeness (QED) is 0.587. The van der Waals surface area contributed by atoms with E-state index in [1.165, 1.54) is 25.3 Å². The Kier molecular flexibility index (Phi) is 5.52. The first-order valence-electron chi connectivity index (χ1n) is 6.64. The summed E-state index contributed by atoms with van der Waals surface area (Å²) < 4.78 is 10.3. The van der Waals surface area contributed by atoms with Crippen LogP contribution in [0.2, 0.25) is 0 Å². The molecule has 4 N–H and O–H groups in total. The van der Waals surface area contributed by atoms with Gasteiger partial charge in [0.25, 0.3) is 5.91 Å². The minimum atomic E-state index is -4.22. The largest absolute Gasteiger partial charge is 0.497 e. The second-order valence-corrected chi connectivity index (χ2v) is 6.22. The average molecular weight is 338 g/mol. The molecule has 0 saturated carbocycles. The van der Waals surface area contributed by atoms with Crippen LogP contribution in [0.3, 0.4) is 0 Å². The molecule has 0 radical (unpaired) electrons. The second kappa shape index (κ2) is 7.39. The number of ether oxygens (including phenoxy) is 2. The number of para-hydroxylation sites is 1. The molecule has 0 spiro atoms. The zero-order chi connectivity index (χ0) is 16.9. The van der Waals surface area contributed by atoms with Crippen molar-refractivity contribution >= 4 is 24.8 Å². The Morgan fingerprint density at radius 2 is 1.87 bits per heavy atom. The average Bonchev–Trinajstić information content (AvgIpc) is 2.52. The normalized spacial score (nSPS) is 11.0. The molecule has 2 aromatic rings. The number of hydrogen-bond acceptors (Lipinski definition) is 6. The third-order valence-electron chi connectivity index (χ3n) is 2.90. The molecule has 2 rings (SSSR count). The molecule has 8 heteroatoms. The van der Waals surface area contributed by atoms with Crippen molar-refractivity contribution in [2.45, 2.75) is 0 Å². The first-order chi connectivity index (χ1) is 10.9. The van der Waals surface area contributed by atoms with Gasteiger partial charge in [-0.2, -0.15) is 14.7 Å². The van der Waals surface area contributed by atoms with Gasteiger partial charge in [-0.05, 0) is 24.3 Å². The van der Waals surface area contributed by atoms with E-state index in [0.29, 0.717) is 11.4 Å². The van der Waals surface area contributed by atoms with Crippen LogP contribution in [-0.4, -0.2) is 34.3 Å². The fourth-order valence-corrected chi connectivity index (χ4v) is 2.59. The summed E-state index contributed by atoms with van der Waals surface area (Å²) in [4.78, 5) is 40.0. The number of amides is 1. The number of rotatable bonds is 6. The van der Waals surface area contributed by atoms with Crippen LogP contribution >= 0.6 is 7.94 Å². The summed E-state index contributed by atoms with van der Waals surface area (Å²) in [6, 6.07) is 12.7. The van der Waals surface area contributed by atoms with Gasteiger partial charge >= 0.3 is 7.94 Å². The van der Waals surface area contributed by atoms with E-state index in [9.17, 15) is 19.5 Å². The van der Waals surface area contributed by atoms with Gasteiger partial charge in [0.1, 0.15) is 5.75 Å². The highest BCUT2D eigenvalue weighted by molar-refractivity contribution is 7.67. The molecule has 0 aliphatic rings. The highest BCUT2D eigenvalue weighted by atomic mass is 31.2. The Morgan fingerprint density at radius 1 is 1.13 bits per heavy atom. The van der Waals surface area contributed by atoms with Gasteiger partial charge in [-0.1, -0.05) is 18.2 Å². The fraction of sp³-hybridized carbons (Fsp3) is 0.133. The summed E-state index contributed by atoms with van der Waals surface area (Å²) in [5, 5.41) is 2.48. The van der Waals surface area contributed by atoms with Gasteiger partial charge in [-0.3, -0.25) is 4.79 Å². The summed E-state index contributed by atoms with van der Waals surface area (Å²) in [7, 11) is -2.69. The molecule has 0 aliphatic carbocycles. The van der Waals surface area contributed by atoms with Crippen LogP contribution in [-0.2, 0) is 4.79 Å². The monoisotopic (exact) mass is 338 g/mol. The van der Waals surface area contributed by atoms with Gasteiger partial charge < -0.3 is 14.8 Å². The van der Waals surface area contributed by atoms with Gasteiger partial charge in [0.05, 0.1) is 7.11 Å². The van der Waals surface area contributed by atoms with Crippen LogP contribution in [0.1, 0.15) is 0 Å². The lowest BCUT2D eigenvalue weighted by Crippen LogP contribution is -2.23. The maximum atomic E-state index is 11.9. The van der Waals surface area contributed by atoms with Gasteiger partial charge in [0.2, 0.25) is 5.30 Å². The standard InChI is InChI=1S/C15H16NO6P/c1-21-12-6-4-5-11(9-12)16-15(17)10-22-13-7-2-3-8-14(13)23(18,19)20/h2-9,18-20H,10H2,1H3/p+1. The maximum Gasteiger partial charge on any atom is 0.444 e. The van der Waals surface area contributed by atoms with Gasteiger partial charge in [0, 0.05) is 11.8 Å². The molecule has 0 heterocycles. The summed E-state index contributed by atoms with van der Waals surface area (Å²) in [6.45, 7) is -0.353. The van der Waals surface area contributed by atoms with Crippen LogP contribution in [0.5, 0.6) is 11.5 Å². The first-order valence-corrected chi connectivity index (χ1v) is 8.28. The number of benzene rings is 2. The minimum Gasteiger partial charge on any atom is -0.497 e. The van der Waals surface area contributed by atoms with Crippen LogP contribution in [0, 0.1) is 0 Å². The molecular weight excluding hydrogens is 321 g/mol. The summed E-state index contributed by atoms with van der Waals surface area (Å²) in [5.74, 6) is 0.199. The Morgan fingerprint density at radius 3 is 2.57 bits per heavy atom.